The van der Waals surface area contributed by atoms with Crippen LogP contribution in [0.3, 0.4) is 0 Å². The minimum Gasteiger partial charge on any atom is -0.496 e. The van der Waals surface area contributed by atoms with Crippen molar-refractivity contribution in [1.29, 1.82) is 0 Å². The lowest BCUT2D eigenvalue weighted by atomic mass is 10.00. The van der Waals surface area contributed by atoms with Gasteiger partial charge < -0.3 is 9.84 Å². The van der Waals surface area contributed by atoms with Crippen molar-refractivity contribution in [3.8, 4) is 5.75 Å². The Bertz CT molecular complexity index is 572. The Labute approximate surface area is 117 Å². The molecule has 0 aliphatic rings. The number of ether oxygens (including phenoxy) is 1. The van der Waals surface area contributed by atoms with Gasteiger partial charge in [-0.15, -0.1) is 0 Å². The number of halogens is 1. The third-order valence-corrected chi connectivity index (χ3v) is 3.33. The maximum Gasteiger partial charge on any atom is 0.122 e. The molecule has 3 nitrogen and oxygen atoms in total. The summed E-state index contributed by atoms with van der Waals surface area (Å²) in [5, 5.41) is 10.8. The maximum absolute atomic E-state index is 10.3. The predicted octanol–water partition coefficient (Wildman–Crippen LogP) is 3.33. The monoisotopic (exact) mass is 277 g/mol. The zero-order valence-electron chi connectivity index (χ0n) is 10.9. The van der Waals surface area contributed by atoms with Gasteiger partial charge in [0.1, 0.15) is 5.75 Å². The van der Waals surface area contributed by atoms with Gasteiger partial charge in [-0.3, -0.25) is 4.98 Å². The van der Waals surface area contributed by atoms with Crippen LogP contribution in [0.1, 0.15) is 22.8 Å². The topological polar surface area (TPSA) is 42.4 Å². The molecule has 1 N–H and O–H groups in total. The van der Waals surface area contributed by atoms with Crippen LogP contribution in [0.4, 0.5) is 0 Å². The van der Waals surface area contributed by atoms with Gasteiger partial charge in [-0.05, 0) is 24.6 Å². The van der Waals surface area contributed by atoms with Gasteiger partial charge in [0.25, 0.3) is 0 Å². The van der Waals surface area contributed by atoms with Crippen LogP contribution in [0.2, 0.25) is 5.02 Å². The SMILES string of the molecule is COc1ccc(C)cc1CC(O)c1ccncc1Cl. The van der Waals surface area contributed by atoms with E-state index in [1.54, 1.807) is 19.4 Å². The summed E-state index contributed by atoms with van der Waals surface area (Å²) >= 11 is 6.04. The molecule has 0 saturated heterocycles. The molecule has 19 heavy (non-hydrogen) atoms. The summed E-state index contributed by atoms with van der Waals surface area (Å²) in [5.41, 5.74) is 2.77. The lowest BCUT2D eigenvalue weighted by molar-refractivity contribution is 0.177. The Morgan fingerprint density at radius 2 is 2.16 bits per heavy atom. The number of aromatic nitrogens is 1. The number of methoxy groups -OCH3 is 1. The van der Waals surface area contributed by atoms with E-state index in [9.17, 15) is 5.11 Å². The van der Waals surface area contributed by atoms with Crippen LogP contribution in [-0.2, 0) is 6.42 Å². The summed E-state index contributed by atoms with van der Waals surface area (Å²) in [6.45, 7) is 2.01. The summed E-state index contributed by atoms with van der Waals surface area (Å²) in [5.74, 6) is 0.773. The zero-order valence-corrected chi connectivity index (χ0v) is 11.7. The second kappa shape index (κ2) is 6.04. The van der Waals surface area contributed by atoms with Crippen molar-refractivity contribution in [3.63, 3.8) is 0 Å². The van der Waals surface area contributed by atoms with Crippen LogP contribution in [0.5, 0.6) is 5.75 Å². The molecule has 0 fully saturated rings. The van der Waals surface area contributed by atoms with Crippen molar-refractivity contribution in [2.45, 2.75) is 19.4 Å². The summed E-state index contributed by atoms with van der Waals surface area (Å²) < 4.78 is 5.31. The minimum atomic E-state index is -0.675. The Hall–Kier alpha value is -1.58. The van der Waals surface area contributed by atoms with E-state index in [1.165, 1.54) is 6.20 Å². The predicted molar refractivity (Wildman–Crippen MR) is 75.6 cm³/mol. The molecule has 1 aromatic heterocycles. The normalized spacial score (nSPS) is 12.2. The molecule has 2 aromatic rings. The van der Waals surface area contributed by atoms with E-state index in [2.05, 4.69) is 4.98 Å². The number of hydrogen-bond donors (Lipinski definition) is 1. The van der Waals surface area contributed by atoms with Crippen molar-refractivity contribution in [2.24, 2.45) is 0 Å². The van der Waals surface area contributed by atoms with Gasteiger partial charge in [-0.25, -0.2) is 0 Å². The molecule has 100 valence electrons. The van der Waals surface area contributed by atoms with Crippen LogP contribution in [-0.4, -0.2) is 17.2 Å². The van der Waals surface area contributed by atoms with E-state index in [0.29, 0.717) is 17.0 Å². The molecular weight excluding hydrogens is 262 g/mol. The molecular formula is C15H16ClNO2. The fourth-order valence-electron chi connectivity index (χ4n) is 2.04. The van der Waals surface area contributed by atoms with Crippen LogP contribution < -0.4 is 4.74 Å². The molecule has 1 unspecified atom stereocenters. The van der Waals surface area contributed by atoms with Gasteiger partial charge >= 0.3 is 0 Å². The number of nitrogens with zero attached hydrogens (tertiary/aromatic N) is 1. The van der Waals surface area contributed by atoms with E-state index >= 15 is 0 Å². The first-order valence-corrected chi connectivity index (χ1v) is 6.40. The van der Waals surface area contributed by atoms with Crippen molar-refractivity contribution < 1.29 is 9.84 Å². The summed E-state index contributed by atoms with van der Waals surface area (Å²) in [6.07, 6.45) is 2.94. The Balaban J connectivity index is 2.26. The highest BCUT2D eigenvalue weighted by molar-refractivity contribution is 6.31. The van der Waals surface area contributed by atoms with E-state index in [1.807, 2.05) is 25.1 Å². The molecule has 1 atom stereocenters. The van der Waals surface area contributed by atoms with Gasteiger partial charge in [-0.1, -0.05) is 29.3 Å². The van der Waals surface area contributed by atoms with Crippen LogP contribution in [0.15, 0.2) is 36.7 Å². The molecule has 0 saturated carbocycles. The van der Waals surface area contributed by atoms with E-state index in [4.69, 9.17) is 16.3 Å². The van der Waals surface area contributed by atoms with Crippen molar-refractivity contribution in [2.75, 3.05) is 7.11 Å². The summed E-state index contributed by atoms with van der Waals surface area (Å²) in [7, 11) is 1.62. The fraction of sp³-hybridized carbons (Fsp3) is 0.267. The number of hydrogen-bond acceptors (Lipinski definition) is 3. The molecule has 1 aromatic carbocycles. The number of aliphatic hydroxyl groups is 1. The smallest absolute Gasteiger partial charge is 0.122 e. The van der Waals surface area contributed by atoms with Crippen molar-refractivity contribution in [3.05, 3.63) is 58.4 Å². The molecule has 0 aliphatic heterocycles. The molecule has 0 spiro atoms. The first-order valence-electron chi connectivity index (χ1n) is 6.03. The summed E-state index contributed by atoms with van der Waals surface area (Å²) in [6, 6.07) is 7.63. The van der Waals surface area contributed by atoms with Crippen molar-refractivity contribution in [1.82, 2.24) is 4.98 Å². The molecule has 2 rings (SSSR count). The second-order valence-corrected chi connectivity index (χ2v) is 4.84. The van der Waals surface area contributed by atoms with Gasteiger partial charge in [0.05, 0.1) is 18.2 Å². The highest BCUT2D eigenvalue weighted by atomic mass is 35.5. The fourth-order valence-corrected chi connectivity index (χ4v) is 2.29. The average molecular weight is 278 g/mol. The maximum atomic E-state index is 10.3. The van der Waals surface area contributed by atoms with Gasteiger partial charge in [-0.2, -0.15) is 0 Å². The Kier molecular flexibility index (Phi) is 4.40. The van der Waals surface area contributed by atoms with E-state index < -0.39 is 6.10 Å². The van der Waals surface area contributed by atoms with Gasteiger partial charge in [0.15, 0.2) is 0 Å². The first-order chi connectivity index (χ1) is 9.11. The number of pyridine rings is 1. The standard InChI is InChI=1S/C15H16ClNO2/c1-10-3-4-15(19-2)11(7-10)8-14(18)12-5-6-17-9-13(12)16/h3-7,9,14,18H,8H2,1-2H3. The number of aryl methyl sites for hydroxylation is 1. The molecule has 4 heteroatoms. The van der Waals surface area contributed by atoms with Gasteiger partial charge in [0.2, 0.25) is 0 Å². The Morgan fingerprint density at radius 3 is 2.84 bits per heavy atom. The van der Waals surface area contributed by atoms with Crippen LogP contribution >= 0.6 is 11.6 Å². The second-order valence-electron chi connectivity index (χ2n) is 4.43. The largest absolute Gasteiger partial charge is 0.496 e. The quantitative estimate of drug-likeness (QED) is 0.932. The summed E-state index contributed by atoms with van der Waals surface area (Å²) in [4.78, 5) is 3.91. The number of benzene rings is 1. The molecule has 1 heterocycles. The molecule has 0 amide bonds. The minimum absolute atomic E-state index is 0.453. The lowest BCUT2D eigenvalue weighted by Crippen LogP contribution is -2.04. The number of rotatable bonds is 4. The van der Waals surface area contributed by atoms with E-state index in [-0.39, 0.29) is 0 Å². The molecule has 0 radical (unpaired) electrons. The van der Waals surface area contributed by atoms with Crippen molar-refractivity contribution >= 4 is 11.6 Å². The van der Waals surface area contributed by atoms with Crippen LogP contribution in [0, 0.1) is 6.92 Å². The zero-order chi connectivity index (χ0) is 13.8. The third-order valence-electron chi connectivity index (χ3n) is 3.01. The Morgan fingerprint density at radius 1 is 1.37 bits per heavy atom. The van der Waals surface area contributed by atoms with E-state index in [0.717, 1.165) is 16.9 Å². The molecule has 0 bridgehead atoms. The third kappa shape index (κ3) is 3.25. The molecule has 0 aliphatic carbocycles. The average Bonchev–Trinajstić information content (AvgIpc) is 2.39. The van der Waals surface area contributed by atoms with Gasteiger partial charge in [0, 0.05) is 24.4 Å². The highest BCUT2D eigenvalue weighted by Crippen LogP contribution is 2.28. The lowest BCUT2D eigenvalue weighted by Gasteiger charge is -2.15. The highest BCUT2D eigenvalue weighted by Gasteiger charge is 2.14. The number of aliphatic hydroxyl groups excluding tert-OH is 1. The van der Waals surface area contributed by atoms with Crippen LogP contribution in [0.25, 0.3) is 0 Å². The first kappa shape index (κ1) is 13.8.